The first kappa shape index (κ1) is 13.6. The van der Waals surface area contributed by atoms with E-state index >= 15 is 0 Å². The fourth-order valence-electron chi connectivity index (χ4n) is 1.14. The molecule has 6 nitrogen and oxygen atoms in total. The van der Waals surface area contributed by atoms with Crippen LogP contribution in [0.2, 0.25) is 0 Å². The van der Waals surface area contributed by atoms with Gasteiger partial charge in [0.2, 0.25) is 0 Å². The van der Waals surface area contributed by atoms with Crippen LogP contribution in [0, 0.1) is 10.1 Å². The number of nitrogens with zero attached hydrogens (tertiary/aromatic N) is 1. The Morgan fingerprint density at radius 2 is 1.89 bits per heavy atom. The summed E-state index contributed by atoms with van der Waals surface area (Å²) in [7, 11) is 0. The first-order valence-corrected chi connectivity index (χ1v) is 5.14. The summed E-state index contributed by atoms with van der Waals surface area (Å²) in [5.41, 5.74) is -0.0133. The zero-order valence-corrected chi connectivity index (χ0v) is 9.71. The number of hydrogen-bond donors (Lipinski definition) is 0. The van der Waals surface area contributed by atoms with E-state index in [9.17, 15) is 19.7 Å². The molecule has 0 aliphatic rings. The number of allylic oxidation sites excluding steroid dienone is 1. The number of carbonyl (C=O) groups excluding carboxylic acids is 2. The number of esters is 1. The lowest BCUT2D eigenvalue weighted by Gasteiger charge is -2.04. The summed E-state index contributed by atoms with van der Waals surface area (Å²) < 4.78 is 4.74. The van der Waals surface area contributed by atoms with Crippen molar-refractivity contribution in [2.45, 2.75) is 13.3 Å². The first-order valence-electron chi connectivity index (χ1n) is 5.14. The molecular weight excluding hydrogens is 238 g/mol. The van der Waals surface area contributed by atoms with E-state index in [1.165, 1.54) is 24.3 Å². The zero-order chi connectivity index (χ0) is 13.7. The minimum absolute atomic E-state index is 0.116. The molecule has 0 saturated heterocycles. The van der Waals surface area contributed by atoms with Crippen molar-refractivity contribution < 1.29 is 19.2 Å². The van der Waals surface area contributed by atoms with Gasteiger partial charge in [-0.15, -0.1) is 0 Å². The van der Waals surface area contributed by atoms with Crippen molar-refractivity contribution in [2.24, 2.45) is 0 Å². The van der Waals surface area contributed by atoms with Crippen LogP contribution in [0.4, 0.5) is 5.69 Å². The Kier molecular flexibility index (Phi) is 4.31. The fourth-order valence-corrected chi connectivity index (χ4v) is 1.14. The van der Waals surface area contributed by atoms with Gasteiger partial charge in [0, 0.05) is 18.6 Å². The maximum absolute atomic E-state index is 11.6. The lowest BCUT2D eigenvalue weighted by atomic mass is 10.2. The van der Waals surface area contributed by atoms with Crippen molar-refractivity contribution in [3.63, 3.8) is 0 Å². The molecule has 1 aromatic carbocycles. The number of rotatable bonds is 5. The van der Waals surface area contributed by atoms with Crippen molar-refractivity contribution in [1.82, 2.24) is 0 Å². The summed E-state index contributed by atoms with van der Waals surface area (Å²) in [5, 5.41) is 10.4. The minimum Gasteiger partial charge on any atom is -0.420 e. The van der Waals surface area contributed by atoms with Gasteiger partial charge in [0.05, 0.1) is 10.5 Å². The number of nitro groups is 1. The van der Waals surface area contributed by atoms with Gasteiger partial charge >= 0.3 is 5.97 Å². The third-order valence-electron chi connectivity index (χ3n) is 2.16. The van der Waals surface area contributed by atoms with Crippen LogP contribution in [-0.2, 0) is 9.53 Å². The van der Waals surface area contributed by atoms with E-state index < -0.39 is 10.9 Å². The van der Waals surface area contributed by atoms with Gasteiger partial charge in [-0.25, -0.2) is 4.79 Å². The molecule has 1 aromatic rings. The lowest BCUT2D eigenvalue weighted by Crippen LogP contribution is -2.10. The van der Waals surface area contributed by atoms with Gasteiger partial charge in [-0.3, -0.25) is 14.9 Å². The molecule has 94 valence electrons. The number of non-ortho nitro benzene ring substituents is 1. The molecule has 1 rings (SSSR count). The molecule has 0 saturated carbocycles. The highest BCUT2D eigenvalue weighted by molar-refractivity contribution is 5.98. The third-order valence-corrected chi connectivity index (χ3v) is 2.16. The third kappa shape index (κ3) is 3.24. The molecule has 6 heteroatoms. The van der Waals surface area contributed by atoms with Crippen LogP contribution in [-0.4, -0.2) is 16.7 Å². The molecule has 0 N–H and O–H groups in total. The summed E-state index contributed by atoms with van der Waals surface area (Å²) in [6.45, 7) is 4.95. The topological polar surface area (TPSA) is 86.5 Å². The van der Waals surface area contributed by atoms with E-state index in [-0.39, 0.29) is 29.2 Å². The first-order chi connectivity index (χ1) is 8.45. The molecule has 0 radical (unpaired) electrons. The second-order valence-electron chi connectivity index (χ2n) is 3.39. The highest BCUT2D eigenvalue weighted by Crippen LogP contribution is 2.13. The Bertz CT molecular complexity index is 504. The van der Waals surface area contributed by atoms with Crippen molar-refractivity contribution in [1.29, 1.82) is 0 Å². The highest BCUT2D eigenvalue weighted by atomic mass is 16.6. The maximum atomic E-state index is 11.6. The number of ketones is 1. The molecule has 0 amide bonds. The van der Waals surface area contributed by atoms with E-state index in [0.717, 1.165) is 0 Å². The number of hydrogen-bond acceptors (Lipinski definition) is 5. The van der Waals surface area contributed by atoms with Gasteiger partial charge in [-0.05, 0) is 12.1 Å². The fraction of sp³-hybridized carbons (Fsp3) is 0.167. The summed E-state index contributed by atoms with van der Waals surface area (Å²) in [5.74, 6) is -1.37. The highest BCUT2D eigenvalue weighted by Gasteiger charge is 2.14. The predicted octanol–water partition coefficient (Wildman–Crippen LogP) is 2.24. The van der Waals surface area contributed by atoms with Crippen LogP contribution in [0.5, 0.6) is 0 Å². The van der Waals surface area contributed by atoms with Gasteiger partial charge in [0.25, 0.3) is 5.69 Å². The summed E-state index contributed by atoms with van der Waals surface area (Å²) in [6, 6.07) is 4.87. The lowest BCUT2D eigenvalue weighted by molar-refractivity contribution is -0.384. The van der Waals surface area contributed by atoms with Crippen LogP contribution in [0.25, 0.3) is 0 Å². The van der Waals surface area contributed by atoms with Gasteiger partial charge in [-0.1, -0.05) is 13.5 Å². The number of benzene rings is 1. The number of ether oxygens (including phenoxy) is 1. The van der Waals surface area contributed by atoms with E-state index in [0.29, 0.717) is 0 Å². The normalized spacial score (nSPS) is 9.61. The SMILES string of the molecule is C=C(OC(=O)c1ccc([N+](=O)[O-])cc1)C(=O)CC. The van der Waals surface area contributed by atoms with E-state index in [4.69, 9.17) is 4.74 Å². The van der Waals surface area contributed by atoms with Crippen molar-refractivity contribution in [3.05, 3.63) is 52.3 Å². The largest absolute Gasteiger partial charge is 0.420 e. The molecule has 0 aliphatic carbocycles. The molecule has 18 heavy (non-hydrogen) atoms. The average Bonchev–Trinajstić information content (AvgIpc) is 2.37. The van der Waals surface area contributed by atoms with Crippen molar-refractivity contribution in [3.8, 4) is 0 Å². The Labute approximate surface area is 103 Å². The van der Waals surface area contributed by atoms with Crippen LogP contribution in [0.3, 0.4) is 0 Å². The molecule has 0 heterocycles. The average molecular weight is 249 g/mol. The monoisotopic (exact) mass is 249 g/mol. The van der Waals surface area contributed by atoms with Crippen molar-refractivity contribution >= 4 is 17.4 Å². The van der Waals surface area contributed by atoms with Gasteiger partial charge in [0.15, 0.2) is 11.5 Å². The Balaban J connectivity index is 2.76. The second kappa shape index (κ2) is 5.72. The Morgan fingerprint density at radius 1 is 1.33 bits per heavy atom. The molecule has 0 bridgehead atoms. The Hall–Kier alpha value is -2.50. The Morgan fingerprint density at radius 3 is 2.33 bits per heavy atom. The van der Waals surface area contributed by atoms with E-state index in [1.807, 2.05) is 0 Å². The minimum atomic E-state index is -0.767. The van der Waals surface area contributed by atoms with Crippen LogP contribution in [0.15, 0.2) is 36.6 Å². The maximum Gasteiger partial charge on any atom is 0.343 e. The molecule has 0 spiro atoms. The van der Waals surface area contributed by atoms with Gasteiger partial charge in [0.1, 0.15) is 0 Å². The molecule has 0 aromatic heterocycles. The zero-order valence-electron chi connectivity index (χ0n) is 9.71. The summed E-state index contributed by atoms with van der Waals surface area (Å²) in [6.07, 6.45) is 0.187. The number of nitro benzene ring substituents is 1. The van der Waals surface area contributed by atoms with Gasteiger partial charge < -0.3 is 4.74 Å². The second-order valence-corrected chi connectivity index (χ2v) is 3.39. The molecule has 0 fully saturated rings. The quantitative estimate of drug-likeness (QED) is 0.262. The number of Topliss-reactive ketones (excluding diaryl/α,β-unsaturated/α-hetero) is 1. The van der Waals surface area contributed by atoms with Crippen molar-refractivity contribution in [2.75, 3.05) is 0 Å². The molecular formula is C12H11NO5. The number of carbonyl (C=O) groups is 2. The summed E-state index contributed by atoms with van der Waals surface area (Å²) >= 11 is 0. The summed E-state index contributed by atoms with van der Waals surface area (Å²) in [4.78, 5) is 32.6. The molecule has 0 unspecified atom stereocenters. The van der Waals surface area contributed by atoms with Gasteiger partial charge in [-0.2, -0.15) is 0 Å². The van der Waals surface area contributed by atoms with E-state index in [1.54, 1.807) is 6.92 Å². The predicted molar refractivity (Wildman–Crippen MR) is 62.9 cm³/mol. The molecule has 0 aliphatic heterocycles. The van der Waals surface area contributed by atoms with Crippen LogP contribution in [0.1, 0.15) is 23.7 Å². The standard InChI is InChI=1S/C12H11NO5/c1-3-11(14)8(2)18-12(15)9-4-6-10(7-5-9)13(16)17/h4-7H,2-3H2,1H3. The van der Waals surface area contributed by atoms with Crippen LogP contribution >= 0.6 is 0 Å². The smallest absolute Gasteiger partial charge is 0.343 e. The molecule has 0 atom stereocenters. The van der Waals surface area contributed by atoms with Crippen LogP contribution < -0.4 is 0 Å². The van der Waals surface area contributed by atoms with E-state index in [2.05, 4.69) is 6.58 Å².